The molecule has 0 spiro atoms. The number of methoxy groups -OCH3 is 1. The van der Waals surface area contributed by atoms with Crippen LogP contribution in [0.15, 0.2) is 48.0 Å². The molecule has 0 aliphatic heterocycles. The van der Waals surface area contributed by atoms with Crippen LogP contribution in [0.25, 0.3) is 0 Å². The molecule has 0 aliphatic carbocycles. The van der Waals surface area contributed by atoms with Gasteiger partial charge in [0.1, 0.15) is 5.75 Å². The Morgan fingerprint density at radius 3 is 2.63 bits per heavy atom. The average Bonchev–Trinajstić information content (AvgIpc) is 3.14. The van der Waals surface area contributed by atoms with E-state index in [0.29, 0.717) is 21.4 Å². The second-order valence-corrected chi connectivity index (χ2v) is 7.03. The van der Waals surface area contributed by atoms with E-state index in [1.807, 2.05) is 0 Å². The van der Waals surface area contributed by atoms with Crippen LogP contribution in [0, 0.1) is 0 Å². The van der Waals surface area contributed by atoms with Crippen LogP contribution in [0.2, 0.25) is 10.0 Å². The first-order chi connectivity index (χ1) is 13.0. The molecule has 0 atom stereocenters. The summed E-state index contributed by atoms with van der Waals surface area (Å²) in [5.74, 6) is -0.575. The van der Waals surface area contributed by atoms with Gasteiger partial charge in [-0.05, 0) is 30.3 Å². The molecule has 2 aromatic carbocycles. The van der Waals surface area contributed by atoms with Crippen molar-refractivity contribution in [3.63, 3.8) is 0 Å². The molecule has 0 bridgehead atoms. The number of carbonyl (C=O) groups excluding carboxylic acids is 2. The number of rotatable bonds is 5. The molecule has 0 unspecified atom stereocenters. The van der Waals surface area contributed by atoms with E-state index in [0.717, 1.165) is 0 Å². The van der Waals surface area contributed by atoms with Gasteiger partial charge in [-0.2, -0.15) is 0 Å². The third-order valence-electron chi connectivity index (χ3n) is 3.49. The van der Waals surface area contributed by atoms with Gasteiger partial charge < -0.3 is 10.1 Å². The smallest absolute Gasteiger partial charge is 0.259 e. The lowest BCUT2D eigenvalue weighted by atomic mass is 10.1. The summed E-state index contributed by atoms with van der Waals surface area (Å²) >= 11 is 13.4. The van der Waals surface area contributed by atoms with Crippen LogP contribution in [-0.4, -0.2) is 23.9 Å². The maximum atomic E-state index is 12.6. The number of anilines is 2. The van der Waals surface area contributed by atoms with Gasteiger partial charge in [0.15, 0.2) is 5.13 Å². The van der Waals surface area contributed by atoms with Crippen LogP contribution >= 0.6 is 34.5 Å². The third-order valence-corrected chi connectivity index (χ3v) is 4.68. The molecule has 3 rings (SSSR count). The molecule has 9 heteroatoms. The molecular formula is C18H13Cl2N3O3S. The zero-order chi connectivity index (χ0) is 19.4. The lowest BCUT2D eigenvalue weighted by Gasteiger charge is -2.12. The molecule has 6 nitrogen and oxygen atoms in total. The first-order valence-electron chi connectivity index (χ1n) is 7.63. The molecule has 3 aromatic rings. The third kappa shape index (κ3) is 4.57. The van der Waals surface area contributed by atoms with E-state index in [4.69, 9.17) is 27.9 Å². The van der Waals surface area contributed by atoms with Crippen molar-refractivity contribution >= 4 is 57.2 Å². The monoisotopic (exact) mass is 421 g/mol. The van der Waals surface area contributed by atoms with Gasteiger partial charge in [0.05, 0.1) is 17.7 Å². The van der Waals surface area contributed by atoms with E-state index in [1.54, 1.807) is 35.8 Å². The number of nitrogens with zero attached hydrogens (tertiary/aromatic N) is 1. The normalized spacial score (nSPS) is 10.3. The van der Waals surface area contributed by atoms with Gasteiger partial charge in [-0.25, -0.2) is 4.98 Å². The number of hydrogen-bond acceptors (Lipinski definition) is 5. The number of benzene rings is 2. The number of thiazole rings is 1. The summed E-state index contributed by atoms with van der Waals surface area (Å²) in [5.41, 5.74) is 0.997. The van der Waals surface area contributed by atoms with E-state index < -0.39 is 5.91 Å². The summed E-state index contributed by atoms with van der Waals surface area (Å²) in [5, 5.41) is 8.19. The molecule has 0 aliphatic rings. The van der Waals surface area contributed by atoms with Crippen molar-refractivity contribution < 1.29 is 14.3 Å². The fraction of sp³-hybridized carbons (Fsp3) is 0.0556. The standard InChI is InChI=1S/C18H13Cl2N3O3S/c1-26-15-13(8-11(19)9-14(15)20)17(25)22-12-4-2-3-10(7-12)16(24)23-18-21-5-6-27-18/h2-9H,1H3,(H,22,25)(H,21,23,24). The quantitative estimate of drug-likeness (QED) is 0.609. The van der Waals surface area contributed by atoms with E-state index in [9.17, 15) is 9.59 Å². The lowest BCUT2D eigenvalue weighted by molar-refractivity contribution is 0.101. The van der Waals surface area contributed by atoms with Gasteiger partial charge in [-0.15, -0.1) is 11.3 Å². The van der Waals surface area contributed by atoms with Crippen molar-refractivity contribution in [2.75, 3.05) is 17.7 Å². The fourth-order valence-electron chi connectivity index (χ4n) is 2.33. The fourth-order valence-corrected chi connectivity index (χ4v) is 3.42. The van der Waals surface area contributed by atoms with Gasteiger partial charge in [-0.3, -0.25) is 14.9 Å². The predicted molar refractivity (Wildman–Crippen MR) is 107 cm³/mol. The maximum absolute atomic E-state index is 12.6. The van der Waals surface area contributed by atoms with Gasteiger partial charge in [0.25, 0.3) is 11.8 Å². The molecule has 0 radical (unpaired) electrons. The number of ether oxygens (including phenoxy) is 1. The summed E-state index contributed by atoms with van der Waals surface area (Å²) in [4.78, 5) is 28.9. The number of amides is 2. The van der Waals surface area contributed by atoms with Crippen LogP contribution in [0.5, 0.6) is 5.75 Å². The maximum Gasteiger partial charge on any atom is 0.259 e. The molecule has 2 N–H and O–H groups in total. The van der Waals surface area contributed by atoms with E-state index in [2.05, 4.69) is 15.6 Å². The Morgan fingerprint density at radius 2 is 1.93 bits per heavy atom. The minimum absolute atomic E-state index is 0.188. The van der Waals surface area contributed by atoms with Crippen molar-refractivity contribution in [3.8, 4) is 5.75 Å². The first kappa shape index (κ1) is 19.2. The Kier molecular flexibility index (Phi) is 5.95. The molecule has 27 heavy (non-hydrogen) atoms. The molecule has 0 saturated heterocycles. The molecule has 138 valence electrons. The number of halogens is 2. The van der Waals surface area contributed by atoms with Crippen LogP contribution < -0.4 is 15.4 Å². The van der Waals surface area contributed by atoms with Crippen LogP contribution in [-0.2, 0) is 0 Å². The molecule has 1 heterocycles. The lowest BCUT2D eigenvalue weighted by Crippen LogP contribution is -2.15. The minimum atomic E-state index is -0.464. The van der Waals surface area contributed by atoms with E-state index in [1.165, 1.54) is 30.6 Å². The highest BCUT2D eigenvalue weighted by Gasteiger charge is 2.17. The van der Waals surface area contributed by atoms with Crippen molar-refractivity contribution in [3.05, 3.63) is 69.1 Å². The molecule has 2 amide bonds. The Hall–Kier alpha value is -2.61. The highest BCUT2D eigenvalue weighted by atomic mass is 35.5. The van der Waals surface area contributed by atoms with Crippen LogP contribution in [0.3, 0.4) is 0 Å². The molecule has 0 saturated carbocycles. The SMILES string of the molecule is COc1c(Cl)cc(Cl)cc1C(=O)Nc1cccc(C(=O)Nc2nccs2)c1. The number of hydrogen-bond donors (Lipinski definition) is 2. The van der Waals surface area contributed by atoms with Crippen molar-refractivity contribution in [2.24, 2.45) is 0 Å². The van der Waals surface area contributed by atoms with E-state index >= 15 is 0 Å². The van der Waals surface area contributed by atoms with Gasteiger partial charge >= 0.3 is 0 Å². The van der Waals surface area contributed by atoms with Gasteiger partial charge in [0.2, 0.25) is 0 Å². The zero-order valence-corrected chi connectivity index (χ0v) is 16.3. The second kappa shape index (κ2) is 8.39. The molecule has 1 aromatic heterocycles. The summed E-state index contributed by atoms with van der Waals surface area (Å²) in [6, 6.07) is 9.46. The summed E-state index contributed by atoms with van der Waals surface area (Å²) in [6.45, 7) is 0. The average molecular weight is 422 g/mol. The van der Waals surface area contributed by atoms with Crippen LogP contribution in [0.4, 0.5) is 10.8 Å². The second-order valence-electron chi connectivity index (χ2n) is 5.29. The van der Waals surface area contributed by atoms with Gasteiger partial charge in [-0.1, -0.05) is 29.3 Å². The Bertz CT molecular complexity index is 994. The number of nitrogens with one attached hydrogen (secondary N) is 2. The molecular weight excluding hydrogens is 409 g/mol. The predicted octanol–water partition coefficient (Wildman–Crippen LogP) is 4.96. The summed E-state index contributed by atoms with van der Waals surface area (Å²) in [6.07, 6.45) is 1.60. The largest absolute Gasteiger partial charge is 0.494 e. The minimum Gasteiger partial charge on any atom is -0.494 e. The van der Waals surface area contributed by atoms with E-state index in [-0.39, 0.29) is 22.2 Å². The molecule has 0 fully saturated rings. The Morgan fingerprint density at radius 1 is 1.11 bits per heavy atom. The summed E-state index contributed by atoms with van der Waals surface area (Å²) in [7, 11) is 1.41. The zero-order valence-electron chi connectivity index (χ0n) is 14.0. The van der Waals surface area contributed by atoms with Crippen molar-refractivity contribution in [1.82, 2.24) is 4.98 Å². The van der Waals surface area contributed by atoms with Gasteiger partial charge in [0, 0.05) is 27.9 Å². The summed E-state index contributed by atoms with van der Waals surface area (Å²) < 4.78 is 5.19. The van der Waals surface area contributed by atoms with Crippen molar-refractivity contribution in [2.45, 2.75) is 0 Å². The van der Waals surface area contributed by atoms with Crippen molar-refractivity contribution in [1.29, 1.82) is 0 Å². The first-order valence-corrected chi connectivity index (χ1v) is 9.27. The Balaban J connectivity index is 1.80. The highest BCUT2D eigenvalue weighted by molar-refractivity contribution is 7.13. The Labute approximate surface area is 169 Å². The highest BCUT2D eigenvalue weighted by Crippen LogP contribution is 2.32. The topological polar surface area (TPSA) is 80.3 Å². The number of aromatic nitrogens is 1. The number of carbonyl (C=O) groups is 2. The van der Waals surface area contributed by atoms with Crippen LogP contribution in [0.1, 0.15) is 20.7 Å².